The Kier molecular flexibility index (Phi) is 15.3. The second kappa shape index (κ2) is 21.3. The summed E-state index contributed by atoms with van der Waals surface area (Å²) in [6.45, 7) is 16.8. The quantitative estimate of drug-likeness (QED) is 0.0961. The van der Waals surface area contributed by atoms with E-state index < -0.39 is 40.8 Å². The molecule has 0 spiro atoms. The van der Waals surface area contributed by atoms with E-state index in [4.69, 9.17) is 20.9 Å². The molecule has 3 aromatic carbocycles. The number of aliphatic hydroxyl groups excluding tert-OH is 1. The first-order valence-electron chi connectivity index (χ1n) is 24.5. The predicted octanol–water partition coefficient (Wildman–Crippen LogP) is 8.79. The van der Waals surface area contributed by atoms with Crippen LogP contribution in [-0.4, -0.2) is 92.6 Å². The van der Waals surface area contributed by atoms with Gasteiger partial charge in [0.05, 0.1) is 50.9 Å². The first-order chi connectivity index (χ1) is 34.2. The Morgan fingerprint density at radius 2 is 1.68 bits per heavy atom. The van der Waals surface area contributed by atoms with E-state index in [2.05, 4.69) is 66.4 Å². The Balaban J connectivity index is 0.885. The summed E-state index contributed by atoms with van der Waals surface area (Å²) in [4.78, 5) is 64.9. The van der Waals surface area contributed by atoms with Gasteiger partial charge >= 0.3 is 0 Å². The largest absolute Gasteiger partial charge is 0.489 e. The third-order valence-electron chi connectivity index (χ3n) is 14.6. The highest BCUT2D eigenvalue weighted by Gasteiger charge is 2.64. The average molecular weight is 1010 g/mol. The van der Waals surface area contributed by atoms with Crippen molar-refractivity contribution >= 4 is 46.6 Å². The Hall–Kier alpha value is -6.52. The maximum atomic E-state index is 14.3. The predicted molar refractivity (Wildman–Crippen MR) is 275 cm³/mol. The summed E-state index contributed by atoms with van der Waals surface area (Å²) in [5.41, 5.74) is 5.94. The highest BCUT2D eigenvalue weighted by Crippen LogP contribution is 2.55. The number of thiazole rings is 1. The van der Waals surface area contributed by atoms with E-state index in [0.29, 0.717) is 59.3 Å². The van der Waals surface area contributed by atoms with Crippen molar-refractivity contribution in [2.75, 3.05) is 19.6 Å². The van der Waals surface area contributed by atoms with E-state index in [1.165, 1.54) is 4.90 Å². The highest BCUT2D eigenvalue weighted by molar-refractivity contribution is 7.13. The Bertz CT molecular complexity index is 2910. The minimum absolute atomic E-state index is 0.00398. The summed E-state index contributed by atoms with van der Waals surface area (Å²) in [5, 5.41) is 30.8. The number of carbonyl (C=O) groups excluding carboxylic acids is 4. The molecular formula is C56H62ClN7O7S. The number of rotatable bonds is 13. The topological polar surface area (TPSA) is 191 Å². The lowest BCUT2D eigenvalue weighted by Gasteiger charge is -2.63. The fourth-order valence-corrected chi connectivity index (χ4v) is 12.0. The van der Waals surface area contributed by atoms with E-state index in [1.807, 2.05) is 62.1 Å². The molecule has 4 heterocycles. The fraction of sp³-hybridized carbons (Fsp3) is 0.446. The molecule has 2 aromatic heterocycles. The number of piperidine rings is 1. The number of likely N-dealkylation sites (tertiary alicyclic amines) is 2. The zero-order valence-electron chi connectivity index (χ0n) is 42.0. The number of ether oxygens (including phenoxy) is 1. The number of nitrogens with one attached hydrogen (secondary N) is 2. The molecule has 0 radical (unpaired) electrons. The Labute approximate surface area is 430 Å². The first kappa shape index (κ1) is 51.8. The number of halogens is 1. The van der Waals surface area contributed by atoms with Crippen LogP contribution in [0.15, 0.2) is 82.8 Å². The van der Waals surface area contributed by atoms with Crippen LogP contribution in [0.5, 0.6) is 5.75 Å². The third-order valence-corrected chi connectivity index (χ3v) is 15.9. The molecule has 72 heavy (non-hydrogen) atoms. The lowest BCUT2D eigenvalue weighted by atomic mass is 9.49. The third kappa shape index (κ3) is 10.9. The van der Waals surface area contributed by atoms with Crippen LogP contribution in [0.4, 0.5) is 0 Å². The van der Waals surface area contributed by atoms with Crippen molar-refractivity contribution in [2.24, 2.45) is 22.7 Å². The summed E-state index contributed by atoms with van der Waals surface area (Å²) in [7, 11) is 0. The number of β-amino-alcohol motifs (C(OH)–C–C–N with tert-alkyl or cyclic N) is 1. The van der Waals surface area contributed by atoms with Crippen molar-refractivity contribution in [3.05, 3.63) is 123 Å². The van der Waals surface area contributed by atoms with Gasteiger partial charge in [0, 0.05) is 72.1 Å². The molecule has 3 N–H and O–H groups in total. The molecule has 4 atom stereocenters. The molecule has 3 aliphatic rings. The summed E-state index contributed by atoms with van der Waals surface area (Å²) < 4.78 is 11.9. The van der Waals surface area contributed by atoms with E-state index in [-0.39, 0.29) is 61.1 Å². The van der Waals surface area contributed by atoms with Crippen molar-refractivity contribution in [3.63, 3.8) is 0 Å². The molecule has 8 rings (SSSR count). The lowest BCUT2D eigenvalue weighted by Crippen LogP contribution is -2.74. The van der Waals surface area contributed by atoms with Crippen LogP contribution in [-0.2, 0) is 14.4 Å². The monoisotopic (exact) mass is 1010 g/mol. The van der Waals surface area contributed by atoms with Crippen LogP contribution in [0.1, 0.15) is 123 Å². The first-order valence-corrected chi connectivity index (χ1v) is 25.8. The zero-order valence-corrected chi connectivity index (χ0v) is 43.6. The number of nitriles is 1. The number of aryl methyl sites for hydroxylation is 2. The van der Waals surface area contributed by atoms with Crippen LogP contribution in [0.3, 0.4) is 0 Å². The number of benzene rings is 3. The maximum absolute atomic E-state index is 14.3. The minimum atomic E-state index is -0.957. The lowest BCUT2D eigenvalue weighted by molar-refractivity contribution is -0.164. The van der Waals surface area contributed by atoms with Gasteiger partial charge in [0.25, 0.3) is 5.91 Å². The maximum Gasteiger partial charge on any atom is 0.251 e. The van der Waals surface area contributed by atoms with Gasteiger partial charge in [-0.3, -0.25) is 19.2 Å². The van der Waals surface area contributed by atoms with E-state index in [1.54, 1.807) is 60.2 Å². The van der Waals surface area contributed by atoms with Crippen LogP contribution < -0.4 is 15.4 Å². The summed E-state index contributed by atoms with van der Waals surface area (Å²) >= 11 is 7.81. The molecule has 376 valence electrons. The molecule has 5 aromatic rings. The second-order valence-corrected chi connectivity index (χ2v) is 22.2. The molecule has 14 nitrogen and oxygen atoms in total. The smallest absolute Gasteiger partial charge is 0.251 e. The Morgan fingerprint density at radius 1 is 0.986 bits per heavy atom. The highest BCUT2D eigenvalue weighted by atomic mass is 35.5. The number of hydrogen-bond acceptors (Lipinski definition) is 11. The molecule has 4 amide bonds. The molecule has 2 saturated heterocycles. The molecule has 2 aliphatic heterocycles. The van der Waals surface area contributed by atoms with Gasteiger partial charge in [0.1, 0.15) is 35.6 Å². The number of carbonyl (C=O) groups is 4. The number of nitrogens with zero attached hydrogens (tertiary/aromatic N) is 5. The minimum Gasteiger partial charge on any atom is -0.489 e. The molecule has 0 unspecified atom stereocenters. The van der Waals surface area contributed by atoms with Crippen LogP contribution in [0.2, 0.25) is 5.02 Å². The molecule has 3 fully saturated rings. The van der Waals surface area contributed by atoms with Crippen molar-refractivity contribution in [1.82, 2.24) is 30.6 Å². The summed E-state index contributed by atoms with van der Waals surface area (Å²) in [5.74, 6) is 5.77. The van der Waals surface area contributed by atoms with E-state index >= 15 is 0 Å². The van der Waals surface area contributed by atoms with Gasteiger partial charge in [-0.05, 0) is 80.1 Å². The molecular weight excluding hydrogens is 950 g/mol. The molecule has 1 saturated carbocycles. The van der Waals surface area contributed by atoms with Crippen LogP contribution in [0.25, 0.3) is 10.4 Å². The van der Waals surface area contributed by atoms with Crippen molar-refractivity contribution in [3.8, 4) is 34.1 Å². The average Bonchev–Trinajstić information content (AvgIpc) is 4.10. The molecule has 16 heteroatoms. The second-order valence-electron chi connectivity index (χ2n) is 20.9. The van der Waals surface area contributed by atoms with Crippen molar-refractivity contribution < 1.29 is 33.5 Å². The van der Waals surface area contributed by atoms with Gasteiger partial charge in [0.2, 0.25) is 17.7 Å². The number of aromatic nitrogens is 2. The van der Waals surface area contributed by atoms with Gasteiger partial charge < -0.3 is 34.8 Å². The van der Waals surface area contributed by atoms with Gasteiger partial charge in [-0.1, -0.05) is 94.4 Å². The number of hydrogen-bond donors (Lipinski definition) is 3. The van der Waals surface area contributed by atoms with Gasteiger partial charge in [-0.15, -0.1) is 11.3 Å². The van der Waals surface area contributed by atoms with Gasteiger partial charge in [-0.25, -0.2) is 4.98 Å². The normalized spacial score (nSPS) is 21.1. The van der Waals surface area contributed by atoms with Crippen LogP contribution >= 0.6 is 22.9 Å². The van der Waals surface area contributed by atoms with E-state index in [0.717, 1.165) is 27.3 Å². The molecule has 0 bridgehead atoms. The van der Waals surface area contributed by atoms with Crippen molar-refractivity contribution in [1.29, 1.82) is 5.26 Å². The summed E-state index contributed by atoms with van der Waals surface area (Å²) in [6, 6.07) is 22.0. The van der Waals surface area contributed by atoms with Gasteiger partial charge in [-0.2, -0.15) is 5.26 Å². The summed E-state index contributed by atoms with van der Waals surface area (Å²) in [6.07, 6.45) is 0.281. The van der Waals surface area contributed by atoms with E-state index in [9.17, 15) is 29.5 Å². The fourth-order valence-electron chi connectivity index (χ4n) is 11.0. The molecule has 1 aliphatic carbocycles. The Morgan fingerprint density at radius 3 is 2.28 bits per heavy atom. The SMILES string of the molecule is Cc1cc([C@H](C(=O)N2C[C@H](O)C[C@H]2C(=O)N[C@@H](CC(=O)N2CCC(C#Cc3ccc(C(=O)NC4C(C)(C)C(Oc5ccc(C#N)c(Cl)c5)C4(C)C)cc3)CC2)c2ccc(-c3scnc3C)cc2)C(C)C)on1. The standard InChI is InChI=1S/C56H62ClN7O7S/c1-32(2)48(46-25-33(3)62-71-46)52(69)64-30-41(65)26-45(64)51(68)60-44(37-15-17-38(18-16-37)49-34(4)59-31-72-49)28-47(66)63-23-21-36(22-24-63)10-9-35-11-13-39(14-12-35)50(67)61-53-55(5,6)54(56(53,7)8)70-42-20-19-40(29-58)43(57)27-42/h11-20,25,27,31-32,36,41,44-45,48,53-54,65H,21-24,26,28,30H2,1-8H3,(H,60,68)(H,61,67)/t41-,44+,45+,48-,53?,54?/m1/s1. The van der Waals surface area contributed by atoms with Gasteiger partial charge in [0.15, 0.2) is 0 Å². The van der Waals surface area contributed by atoms with Crippen molar-refractivity contribution in [2.45, 2.75) is 117 Å². The van der Waals surface area contributed by atoms with Crippen LogP contribution in [0, 0.1) is 59.7 Å². The zero-order chi connectivity index (χ0) is 51.6. The number of amides is 4. The number of aliphatic hydroxyl groups is 1.